The van der Waals surface area contributed by atoms with Crippen molar-refractivity contribution in [2.45, 2.75) is 25.6 Å². The second kappa shape index (κ2) is 5.44. The Morgan fingerprint density at radius 3 is 3.18 bits per heavy atom. The predicted octanol–water partition coefficient (Wildman–Crippen LogP) is 0.126. The monoisotopic (exact) mass is 237 g/mol. The van der Waals surface area contributed by atoms with E-state index in [-0.39, 0.29) is 18.8 Å². The van der Waals surface area contributed by atoms with Gasteiger partial charge in [-0.15, -0.1) is 0 Å². The van der Waals surface area contributed by atoms with E-state index in [1.165, 1.54) is 0 Å². The molecule has 1 aromatic heterocycles. The zero-order valence-corrected chi connectivity index (χ0v) is 10.0. The van der Waals surface area contributed by atoms with Gasteiger partial charge in [0.2, 0.25) is 0 Å². The van der Waals surface area contributed by atoms with E-state index in [0.717, 1.165) is 11.3 Å². The first-order valence-electron chi connectivity index (χ1n) is 5.88. The molecule has 94 valence electrons. The molecule has 3 N–H and O–H groups in total. The summed E-state index contributed by atoms with van der Waals surface area (Å²) in [7, 11) is 0. The predicted molar refractivity (Wildman–Crippen MR) is 65.8 cm³/mol. The topological polar surface area (TPSA) is 71.6 Å². The number of pyridine rings is 1. The van der Waals surface area contributed by atoms with Crippen LogP contribution in [-0.4, -0.2) is 42.0 Å². The van der Waals surface area contributed by atoms with Gasteiger partial charge in [0.05, 0.1) is 31.2 Å². The molecule has 1 aliphatic rings. The lowest BCUT2D eigenvalue weighted by molar-refractivity contribution is -0.0103. The summed E-state index contributed by atoms with van der Waals surface area (Å²) in [6, 6.07) is 2.21. The number of hydrogen-bond acceptors (Lipinski definition) is 5. The first kappa shape index (κ1) is 12.3. The van der Waals surface area contributed by atoms with Gasteiger partial charge in [-0.3, -0.25) is 4.98 Å². The van der Waals surface area contributed by atoms with Crippen LogP contribution in [0, 0.1) is 0 Å². The largest absolute Gasteiger partial charge is 0.394 e. The Morgan fingerprint density at radius 2 is 2.47 bits per heavy atom. The Hall–Kier alpha value is -1.17. The zero-order valence-electron chi connectivity index (χ0n) is 10.0. The zero-order chi connectivity index (χ0) is 12.3. The number of aromatic nitrogens is 1. The molecule has 5 heteroatoms. The summed E-state index contributed by atoms with van der Waals surface area (Å²) in [6.07, 6.45) is 3.45. The van der Waals surface area contributed by atoms with Crippen molar-refractivity contribution in [1.29, 1.82) is 0 Å². The molecule has 2 rings (SSSR count). The highest BCUT2D eigenvalue weighted by Gasteiger charge is 2.27. The Bertz CT molecular complexity index is 373. The molecule has 2 unspecified atom stereocenters. The number of aliphatic hydroxyl groups excluding tert-OH is 1. The van der Waals surface area contributed by atoms with Crippen molar-refractivity contribution in [3.05, 3.63) is 24.0 Å². The van der Waals surface area contributed by atoms with Gasteiger partial charge in [-0.1, -0.05) is 0 Å². The maximum absolute atomic E-state index is 9.18. The molecule has 1 aromatic rings. The number of nitrogens with two attached hydrogens (primary N) is 1. The summed E-state index contributed by atoms with van der Waals surface area (Å²) >= 11 is 0. The van der Waals surface area contributed by atoms with Crippen molar-refractivity contribution in [2.24, 2.45) is 5.73 Å². The van der Waals surface area contributed by atoms with Crippen LogP contribution in [0.25, 0.3) is 0 Å². The lowest BCUT2D eigenvalue weighted by atomic mass is 10.1. The molecule has 1 aliphatic heterocycles. The van der Waals surface area contributed by atoms with Gasteiger partial charge < -0.3 is 20.5 Å². The van der Waals surface area contributed by atoms with E-state index in [2.05, 4.69) is 16.8 Å². The van der Waals surface area contributed by atoms with E-state index in [4.69, 9.17) is 10.5 Å². The maximum atomic E-state index is 9.18. The van der Waals surface area contributed by atoms with Crippen molar-refractivity contribution in [3.63, 3.8) is 0 Å². The minimum atomic E-state index is -0.128. The normalized spacial score (nSPS) is 25.0. The molecule has 0 saturated carbocycles. The van der Waals surface area contributed by atoms with Crippen LogP contribution in [0.2, 0.25) is 0 Å². The number of ether oxygens (including phenoxy) is 1. The average Bonchev–Trinajstić information content (AvgIpc) is 2.39. The second-order valence-corrected chi connectivity index (χ2v) is 4.35. The van der Waals surface area contributed by atoms with Gasteiger partial charge in [0.1, 0.15) is 0 Å². The highest BCUT2D eigenvalue weighted by atomic mass is 16.5. The lowest BCUT2D eigenvalue weighted by Crippen LogP contribution is -2.50. The fourth-order valence-electron chi connectivity index (χ4n) is 2.11. The van der Waals surface area contributed by atoms with Crippen LogP contribution < -0.4 is 10.6 Å². The number of nitrogens with zero attached hydrogens (tertiary/aromatic N) is 2. The van der Waals surface area contributed by atoms with Crippen LogP contribution in [-0.2, 0) is 11.3 Å². The van der Waals surface area contributed by atoms with E-state index < -0.39 is 0 Å². The van der Waals surface area contributed by atoms with Crippen molar-refractivity contribution in [2.75, 3.05) is 24.7 Å². The molecule has 0 aliphatic carbocycles. The number of hydrogen-bond donors (Lipinski definition) is 2. The van der Waals surface area contributed by atoms with E-state index in [0.29, 0.717) is 19.7 Å². The smallest absolute Gasteiger partial charge is 0.0981 e. The summed E-state index contributed by atoms with van der Waals surface area (Å²) < 4.78 is 5.52. The third-order valence-electron chi connectivity index (χ3n) is 3.13. The molecule has 0 bridgehead atoms. The molecule has 2 atom stereocenters. The summed E-state index contributed by atoms with van der Waals surface area (Å²) in [6.45, 7) is 3.93. The quantitative estimate of drug-likeness (QED) is 0.781. The van der Waals surface area contributed by atoms with Crippen LogP contribution in [0.5, 0.6) is 0 Å². The molecular weight excluding hydrogens is 218 g/mol. The maximum Gasteiger partial charge on any atom is 0.0981 e. The molecule has 0 radical (unpaired) electrons. The van der Waals surface area contributed by atoms with Gasteiger partial charge in [0.15, 0.2) is 0 Å². The average molecular weight is 237 g/mol. The van der Waals surface area contributed by atoms with E-state index in [9.17, 15) is 5.11 Å². The molecule has 1 saturated heterocycles. The van der Waals surface area contributed by atoms with Crippen molar-refractivity contribution in [3.8, 4) is 0 Å². The summed E-state index contributed by atoms with van der Waals surface area (Å²) in [5.74, 6) is 0. The Morgan fingerprint density at radius 1 is 1.65 bits per heavy atom. The van der Waals surface area contributed by atoms with E-state index in [1.807, 2.05) is 12.3 Å². The molecule has 1 fully saturated rings. The van der Waals surface area contributed by atoms with Crippen LogP contribution in [0.1, 0.15) is 12.5 Å². The molecule has 17 heavy (non-hydrogen) atoms. The SMILES string of the molecule is CC1COC(CO)CN1c1cnccc1CN. The van der Waals surface area contributed by atoms with Crippen LogP contribution in [0.4, 0.5) is 5.69 Å². The molecular formula is C12H19N3O2. The molecule has 0 amide bonds. The van der Waals surface area contributed by atoms with Crippen LogP contribution >= 0.6 is 0 Å². The minimum absolute atomic E-state index is 0.0431. The lowest BCUT2D eigenvalue weighted by Gasteiger charge is -2.39. The fourth-order valence-corrected chi connectivity index (χ4v) is 2.11. The fraction of sp³-hybridized carbons (Fsp3) is 0.583. The van der Waals surface area contributed by atoms with E-state index in [1.54, 1.807) is 6.20 Å². The second-order valence-electron chi connectivity index (χ2n) is 4.35. The third-order valence-corrected chi connectivity index (χ3v) is 3.13. The Balaban J connectivity index is 2.24. The van der Waals surface area contributed by atoms with Gasteiger partial charge in [-0.25, -0.2) is 0 Å². The van der Waals surface area contributed by atoms with Crippen LogP contribution in [0.3, 0.4) is 0 Å². The minimum Gasteiger partial charge on any atom is -0.394 e. The van der Waals surface area contributed by atoms with Gasteiger partial charge in [-0.2, -0.15) is 0 Å². The molecule has 2 heterocycles. The highest BCUT2D eigenvalue weighted by molar-refractivity contribution is 5.53. The standard InChI is InChI=1S/C12H19N3O2/c1-9-8-17-11(7-16)6-15(9)12-5-14-3-2-10(12)4-13/h2-3,5,9,11,16H,4,6-8,13H2,1H3. The van der Waals surface area contributed by atoms with Gasteiger partial charge in [0, 0.05) is 25.3 Å². The molecule has 5 nitrogen and oxygen atoms in total. The summed E-state index contributed by atoms with van der Waals surface area (Å²) in [4.78, 5) is 6.36. The van der Waals surface area contributed by atoms with Crippen molar-refractivity contribution >= 4 is 5.69 Å². The Labute approximate surface area is 101 Å². The van der Waals surface area contributed by atoms with Gasteiger partial charge in [-0.05, 0) is 18.6 Å². The van der Waals surface area contributed by atoms with E-state index >= 15 is 0 Å². The number of morpholine rings is 1. The number of anilines is 1. The van der Waals surface area contributed by atoms with Gasteiger partial charge in [0.25, 0.3) is 0 Å². The van der Waals surface area contributed by atoms with Crippen molar-refractivity contribution < 1.29 is 9.84 Å². The Kier molecular flexibility index (Phi) is 3.93. The number of rotatable bonds is 3. The first-order valence-corrected chi connectivity index (χ1v) is 5.88. The summed E-state index contributed by atoms with van der Waals surface area (Å²) in [5.41, 5.74) is 7.85. The number of aliphatic hydroxyl groups is 1. The first-order chi connectivity index (χ1) is 8.26. The molecule has 0 aromatic carbocycles. The highest BCUT2D eigenvalue weighted by Crippen LogP contribution is 2.24. The van der Waals surface area contributed by atoms with Gasteiger partial charge >= 0.3 is 0 Å². The summed E-state index contributed by atoms with van der Waals surface area (Å²) in [5, 5.41) is 9.18. The third kappa shape index (κ3) is 2.57. The van der Waals surface area contributed by atoms with Crippen LogP contribution in [0.15, 0.2) is 18.5 Å². The molecule has 0 spiro atoms. The van der Waals surface area contributed by atoms with Crippen molar-refractivity contribution in [1.82, 2.24) is 4.98 Å².